The van der Waals surface area contributed by atoms with Crippen molar-refractivity contribution in [2.24, 2.45) is 0 Å². The number of morpholine rings is 1. The molecule has 0 unspecified atom stereocenters. The highest BCUT2D eigenvalue weighted by Crippen LogP contribution is 2.28. The molecule has 2 aromatic rings. The van der Waals surface area contributed by atoms with Gasteiger partial charge in [-0.3, -0.25) is 4.79 Å². The minimum absolute atomic E-state index is 0.0450. The normalized spacial score (nSPS) is 14.9. The van der Waals surface area contributed by atoms with Crippen LogP contribution in [0.5, 0.6) is 0 Å². The monoisotopic (exact) mass is 297 g/mol. The lowest BCUT2D eigenvalue weighted by Gasteiger charge is -2.30. The quantitative estimate of drug-likeness (QED) is 0.881. The van der Waals surface area contributed by atoms with Crippen LogP contribution in [0.3, 0.4) is 0 Å². The number of carbonyl (C=O) groups is 1. The number of anilines is 1. The topological polar surface area (TPSA) is 49.8 Å². The summed E-state index contributed by atoms with van der Waals surface area (Å²) >= 11 is 0. The van der Waals surface area contributed by atoms with Gasteiger partial charge in [0, 0.05) is 24.3 Å². The Hall–Kier alpha value is -2.17. The van der Waals surface area contributed by atoms with Crippen molar-refractivity contribution in [3.63, 3.8) is 0 Å². The van der Waals surface area contributed by atoms with E-state index in [0.717, 1.165) is 41.8 Å². The van der Waals surface area contributed by atoms with Gasteiger partial charge in [0.15, 0.2) is 6.29 Å². The van der Waals surface area contributed by atoms with E-state index in [9.17, 15) is 4.79 Å². The van der Waals surface area contributed by atoms with E-state index in [1.807, 2.05) is 36.4 Å². The molecule has 0 bridgehead atoms. The standard InChI is InChI=1S/C18H19NO3/c20-12-14-1-3-15(4-2-14)16-5-6-17(13-21)18(11-16)19-7-9-22-10-8-19/h1-6,11,13,20H,7-10,12H2. The fraction of sp³-hybridized carbons (Fsp3) is 0.278. The van der Waals surface area contributed by atoms with E-state index in [1.165, 1.54) is 0 Å². The molecule has 0 aliphatic carbocycles. The van der Waals surface area contributed by atoms with Crippen LogP contribution in [0, 0.1) is 0 Å². The van der Waals surface area contributed by atoms with E-state index >= 15 is 0 Å². The molecule has 1 saturated heterocycles. The Morgan fingerprint density at radius 3 is 2.36 bits per heavy atom. The summed E-state index contributed by atoms with van der Waals surface area (Å²) < 4.78 is 5.38. The average molecular weight is 297 g/mol. The summed E-state index contributed by atoms with van der Waals surface area (Å²) in [6, 6.07) is 13.7. The Balaban J connectivity index is 1.96. The number of aliphatic hydroxyl groups is 1. The first-order valence-corrected chi connectivity index (χ1v) is 7.44. The maximum absolute atomic E-state index is 11.3. The van der Waals surface area contributed by atoms with Gasteiger partial charge in [-0.2, -0.15) is 0 Å². The average Bonchev–Trinajstić information content (AvgIpc) is 2.62. The number of ether oxygens (including phenoxy) is 1. The number of benzene rings is 2. The van der Waals surface area contributed by atoms with Crippen molar-refractivity contribution in [1.29, 1.82) is 0 Å². The van der Waals surface area contributed by atoms with Gasteiger partial charge in [-0.15, -0.1) is 0 Å². The SMILES string of the molecule is O=Cc1ccc(-c2ccc(CO)cc2)cc1N1CCOCC1. The summed E-state index contributed by atoms with van der Waals surface area (Å²) in [5.41, 5.74) is 4.70. The Kier molecular flexibility index (Phi) is 4.51. The maximum atomic E-state index is 11.3. The second-order valence-corrected chi connectivity index (χ2v) is 5.35. The molecule has 1 N–H and O–H groups in total. The van der Waals surface area contributed by atoms with Crippen LogP contribution < -0.4 is 4.90 Å². The predicted molar refractivity (Wildman–Crippen MR) is 86.2 cm³/mol. The largest absolute Gasteiger partial charge is 0.392 e. The van der Waals surface area contributed by atoms with E-state index in [-0.39, 0.29) is 6.61 Å². The van der Waals surface area contributed by atoms with E-state index in [0.29, 0.717) is 18.8 Å². The van der Waals surface area contributed by atoms with E-state index in [4.69, 9.17) is 9.84 Å². The lowest BCUT2D eigenvalue weighted by molar-refractivity contribution is 0.111. The molecule has 114 valence electrons. The van der Waals surface area contributed by atoms with Gasteiger partial charge in [-0.25, -0.2) is 0 Å². The van der Waals surface area contributed by atoms with Crippen LogP contribution in [-0.2, 0) is 11.3 Å². The van der Waals surface area contributed by atoms with Crippen molar-refractivity contribution in [2.45, 2.75) is 6.61 Å². The fourth-order valence-electron chi connectivity index (χ4n) is 2.70. The van der Waals surface area contributed by atoms with Gasteiger partial charge >= 0.3 is 0 Å². The third-order valence-corrected chi connectivity index (χ3v) is 3.98. The van der Waals surface area contributed by atoms with Crippen LogP contribution in [0.2, 0.25) is 0 Å². The third kappa shape index (κ3) is 3.03. The zero-order valence-corrected chi connectivity index (χ0v) is 12.4. The van der Waals surface area contributed by atoms with Gasteiger partial charge in [-0.05, 0) is 28.8 Å². The summed E-state index contributed by atoms with van der Waals surface area (Å²) in [6.07, 6.45) is 0.906. The minimum Gasteiger partial charge on any atom is -0.392 e. The van der Waals surface area contributed by atoms with Crippen molar-refractivity contribution in [2.75, 3.05) is 31.2 Å². The lowest BCUT2D eigenvalue weighted by Crippen LogP contribution is -2.36. The molecule has 0 aromatic heterocycles. The van der Waals surface area contributed by atoms with Crippen molar-refractivity contribution in [3.05, 3.63) is 53.6 Å². The fourth-order valence-corrected chi connectivity index (χ4v) is 2.70. The summed E-state index contributed by atoms with van der Waals surface area (Å²) in [7, 11) is 0. The van der Waals surface area contributed by atoms with Gasteiger partial charge in [0.05, 0.1) is 19.8 Å². The van der Waals surface area contributed by atoms with Gasteiger partial charge in [-0.1, -0.05) is 30.3 Å². The Morgan fingerprint density at radius 1 is 1.05 bits per heavy atom. The molecule has 4 heteroatoms. The van der Waals surface area contributed by atoms with E-state index in [2.05, 4.69) is 11.0 Å². The van der Waals surface area contributed by atoms with Crippen LogP contribution in [-0.4, -0.2) is 37.7 Å². The van der Waals surface area contributed by atoms with E-state index in [1.54, 1.807) is 0 Å². The summed E-state index contributed by atoms with van der Waals surface area (Å²) in [5.74, 6) is 0. The number of rotatable bonds is 4. The predicted octanol–water partition coefficient (Wildman–Crippen LogP) is 2.50. The maximum Gasteiger partial charge on any atom is 0.152 e. The highest BCUT2D eigenvalue weighted by Gasteiger charge is 2.15. The summed E-state index contributed by atoms with van der Waals surface area (Å²) in [4.78, 5) is 13.5. The zero-order valence-electron chi connectivity index (χ0n) is 12.4. The van der Waals surface area contributed by atoms with Crippen molar-refractivity contribution >= 4 is 12.0 Å². The first-order chi connectivity index (χ1) is 10.8. The number of aldehydes is 1. The minimum atomic E-state index is 0.0450. The highest BCUT2D eigenvalue weighted by molar-refractivity contribution is 5.87. The van der Waals surface area contributed by atoms with Crippen LogP contribution in [0.15, 0.2) is 42.5 Å². The van der Waals surface area contributed by atoms with E-state index < -0.39 is 0 Å². The first-order valence-electron chi connectivity index (χ1n) is 7.44. The lowest BCUT2D eigenvalue weighted by atomic mass is 10.0. The first kappa shape index (κ1) is 14.8. The van der Waals surface area contributed by atoms with Crippen molar-refractivity contribution in [3.8, 4) is 11.1 Å². The van der Waals surface area contributed by atoms with Crippen LogP contribution >= 0.6 is 0 Å². The second kappa shape index (κ2) is 6.73. The smallest absolute Gasteiger partial charge is 0.152 e. The Labute approximate surface area is 130 Å². The molecule has 0 atom stereocenters. The van der Waals surface area contributed by atoms with Crippen LogP contribution in [0.4, 0.5) is 5.69 Å². The molecule has 22 heavy (non-hydrogen) atoms. The molecule has 0 radical (unpaired) electrons. The van der Waals surface area contributed by atoms with Crippen molar-refractivity contribution in [1.82, 2.24) is 0 Å². The third-order valence-electron chi connectivity index (χ3n) is 3.98. The van der Waals surface area contributed by atoms with Gasteiger partial charge in [0.25, 0.3) is 0 Å². The number of hydrogen-bond donors (Lipinski definition) is 1. The number of carbonyl (C=O) groups excluding carboxylic acids is 1. The number of aliphatic hydroxyl groups excluding tert-OH is 1. The molecule has 1 aliphatic rings. The van der Waals surface area contributed by atoms with Crippen molar-refractivity contribution < 1.29 is 14.6 Å². The van der Waals surface area contributed by atoms with Gasteiger partial charge in [0.1, 0.15) is 0 Å². The Bertz CT molecular complexity index is 646. The molecular formula is C18H19NO3. The molecule has 1 heterocycles. The molecular weight excluding hydrogens is 278 g/mol. The second-order valence-electron chi connectivity index (χ2n) is 5.35. The molecule has 4 nitrogen and oxygen atoms in total. The number of nitrogens with zero attached hydrogens (tertiary/aromatic N) is 1. The molecule has 0 spiro atoms. The zero-order chi connectivity index (χ0) is 15.4. The molecule has 0 saturated carbocycles. The highest BCUT2D eigenvalue weighted by atomic mass is 16.5. The summed E-state index contributed by atoms with van der Waals surface area (Å²) in [6.45, 7) is 3.02. The van der Waals surface area contributed by atoms with Gasteiger partial charge in [0.2, 0.25) is 0 Å². The molecule has 1 fully saturated rings. The molecule has 1 aliphatic heterocycles. The van der Waals surface area contributed by atoms with Crippen LogP contribution in [0.25, 0.3) is 11.1 Å². The van der Waals surface area contributed by atoms with Crippen LogP contribution in [0.1, 0.15) is 15.9 Å². The van der Waals surface area contributed by atoms with Gasteiger partial charge < -0.3 is 14.7 Å². The number of hydrogen-bond acceptors (Lipinski definition) is 4. The summed E-state index contributed by atoms with van der Waals surface area (Å²) in [5, 5.41) is 9.12. The molecule has 0 amide bonds. The Morgan fingerprint density at radius 2 is 1.73 bits per heavy atom. The molecule has 2 aromatic carbocycles. The molecule has 3 rings (SSSR count).